The van der Waals surface area contributed by atoms with E-state index in [0.29, 0.717) is 18.6 Å². The van der Waals surface area contributed by atoms with E-state index >= 15 is 0 Å². The van der Waals surface area contributed by atoms with Crippen molar-refractivity contribution in [3.05, 3.63) is 15.6 Å². The van der Waals surface area contributed by atoms with Crippen molar-refractivity contribution in [1.82, 2.24) is 14.8 Å². The standard InChI is InChI=1S/C20H33N3O2S/c1-15-19(26-16(2)21-15)20(24)23(12-7-13-25-3)14-17-8-6-11-22-10-5-4-9-18(17)22/h17-18H,4-14H2,1-3H3/t17-,18+/m0/s1. The first kappa shape index (κ1) is 19.8. The van der Waals surface area contributed by atoms with Crippen LogP contribution in [-0.4, -0.2) is 66.6 Å². The number of carbonyl (C=O) groups excluding carboxylic acids is 1. The van der Waals surface area contributed by atoms with E-state index in [1.165, 1.54) is 56.5 Å². The van der Waals surface area contributed by atoms with Crippen molar-refractivity contribution in [3.63, 3.8) is 0 Å². The van der Waals surface area contributed by atoms with Crippen LogP contribution in [0.4, 0.5) is 0 Å². The lowest BCUT2D eigenvalue weighted by Gasteiger charge is -2.45. The van der Waals surface area contributed by atoms with Crippen molar-refractivity contribution in [1.29, 1.82) is 0 Å². The van der Waals surface area contributed by atoms with Crippen molar-refractivity contribution in [2.75, 3.05) is 39.9 Å². The van der Waals surface area contributed by atoms with E-state index < -0.39 is 0 Å². The molecular formula is C20H33N3O2S. The average molecular weight is 380 g/mol. The smallest absolute Gasteiger partial charge is 0.265 e. The molecule has 2 aliphatic rings. The highest BCUT2D eigenvalue weighted by molar-refractivity contribution is 7.13. The molecule has 1 aromatic rings. The number of piperidine rings is 2. The monoisotopic (exact) mass is 379 g/mol. The van der Waals surface area contributed by atoms with Gasteiger partial charge in [-0.15, -0.1) is 11.3 Å². The molecule has 2 fully saturated rings. The van der Waals surface area contributed by atoms with Crippen LogP contribution in [0, 0.1) is 19.8 Å². The Morgan fingerprint density at radius 3 is 2.81 bits per heavy atom. The molecule has 0 aromatic carbocycles. The van der Waals surface area contributed by atoms with Gasteiger partial charge in [-0.1, -0.05) is 6.42 Å². The highest BCUT2D eigenvalue weighted by Gasteiger charge is 2.35. The number of nitrogens with zero attached hydrogens (tertiary/aromatic N) is 3. The summed E-state index contributed by atoms with van der Waals surface area (Å²) in [5, 5.41) is 0.971. The molecule has 3 heterocycles. The molecule has 2 saturated heterocycles. The number of ether oxygens (including phenoxy) is 1. The van der Waals surface area contributed by atoms with Gasteiger partial charge in [0, 0.05) is 32.8 Å². The Bertz CT molecular complexity index is 602. The van der Waals surface area contributed by atoms with Crippen molar-refractivity contribution in [2.45, 2.75) is 58.4 Å². The molecule has 0 spiro atoms. The molecule has 0 radical (unpaired) electrons. The molecule has 0 unspecified atom stereocenters. The second-order valence-electron chi connectivity index (χ2n) is 7.75. The SMILES string of the molecule is COCCCN(C[C@@H]1CCCN2CCCC[C@H]12)C(=O)c1sc(C)nc1C. The first-order chi connectivity index (χ1) is 12.6. The molecule has 1 amide bonds. The largest absolute Gasteiger partial charge is 0.385 e. The molecule has 2 aliphatic heterocycles. The zero-order valence-corrected chi connectivity index (χ0v) is 17.3. The molecule has 146 valence electrons. The zero-order chi connectivity index (χ0) is 18.5. The minimum absolute atomic E-state index is 0.164. The normalized spacial score (nSPS) is 23.7. The van der Waals surface area contributed by atoms with Crippen molar-refractivity contribution in [3.8, 4) is 0 Å². The van der Waals surface area contributed by atoms with Crippen LogP contribution in [0.15, 0.2) is 0 Å². The number of aromatic nitrogens is 1. The number of hydrogen-bond donors (Lipinski definition) is 0. The van der Waals surface area contributed by atoms with Gasteiger partial charge in [0.15, 0.2) is 0 Å². The lowest BCUT2D eigenvalue weighted by atomic mass is 9.83. The fourth-order valence-corrected chi connectivity index (χ4v) is 5.51. The van der Waals surface area contributed by atoms with E-state index in [1.807, 2.05) is 13.8 Å². The third-order valence-electron chi connectivity index (χ3n) is 5.85. The third kappa shape index (κ3) is 4.65. The zero-order valence-electron chi connectivity index (χ0n) is 16.5. The van der Waals surface area contributed by atoms with Gasteiger partial charge in [0.05, 0.1) is 10.7 Å². The Morgan fingerprint density at radius 2 is 2.08 bits per heavy atom. The maximum atomic E-state index is 13.2. The van der Waals surface area contributed by atoms with E-state index in [9.17, 15) is 4.79 Å². The molecular weight excluding hydrogens is 346 g/mol. The van der Waals surface area contributed by atoms with Crippen LogP contribution >= 0.6 is 11.3 Å². The minimum atomic E-state index is 0.164. The number of rotatable bonds is 7. The summed E-state index contributed by atoms with van der Waals surface area (Å²) in [6, 6.07) is 0.666. The second kappa shape index (κ2) is 9.29. The molecule has 1 aromatic heterocycles. The van der Waals surface area contributed by atoms with E-state index in [1.54, 1.807) is 7.11 Å². The Hall–Kier alpha value is -0.980. The molecule has 2 atom stereocenters. The molecule has 26 heavy (non-hydrogen) atoms. The predicted octanol–water partition coefficient (Wildman–Crippen LogP) is 3.50. The van der Waals surface area contributed by atoms with Gasteiger partial charge in [-0.25, -0.2) is 4.98 Å². The quantitative estimate of drug-likeness (QED) is 0.680. The van der Waals surface area contributed by atoms with Crippen LogP contribution in [0.25, 0.3) is 0 Å². The average Bonchev–Trinajstić information content (AvgIpc) is 2.99. The van der Waals surface area contributed by atoms with Gasteiger partial charge in [0.1, 0.15) is 4.88 Å². The van der Waals surface area contributed by atoms with Gasteiger partial charge in [0.25, 0.3) is 5.91 Å². The van der Waals surface area contributed by atoms with Crippen LogP contribution in [0.3, 0.4) is 0 Å². The van der Waals surface area contributed by atoms with Crippen LogP contribution in [0.5, 0.6) is 0 Å². The number of amides is 1. The maximum absolute atomic E-state index is 13.2. The topological polar surface area (TPSA) is 45.7 Å². The maximum Gasteiger partial charge on any atom is 0.265 e. The van der Waals surface area contributed by atoms with Crippen LogP contribution < -0.4 is 0 Å². The summed E-state index contributed by atoms with van der Waals surface area (Å²) in [6.45, 7) is 8.76. The van der Waals surface area contributed by atoms with Crippen molar-refractivity contribution < 1.29 is 9.53 Å². The van der Waals surface area contributed by atoms with Gasteiger partial charge < -0.3 is 14.5 Å². The van der Waals surface area contributed by atoms with Gasteiger partial charge in [0.2, 0.25) is 0 Å². The summed E-state index contributed by atoms with van der Waals surface area (Å²) in [6.07, 6.45) is 7.36. The molecule has 0 N–H and O–H groups in total. The Morgan fingerprint density at radius 1 is 1.27 bits per heavy atom. The van der Waals surface area contributed by atoms with Crippen molar-refractivity contribution in [2.24, 2.45) is 5.92 Å². The van der Waals surface area contributed by atoms with Gasteiger partial charge in [-0.2, -0.15) is 0 Å². The predicted molar refractivity (Wildman–Crippen MR) is 106 cm³/mol. The van der Waals surface area contributed by atoms with Crippen LogP contribution in [0.1, 0.15) is 58.9 Å². The number of methoxy groups -OCH3 is 1. The Labute approximate surface area is 161 Å². The molecule has 0 saturated carbocycles. The lowest BCUT2D eigenvalue weighted by Crippen LogP contribution is -2.51. The fourth-order valence-electron chi connectivity index (χ4n) is 4.62. The highest BCUT2D eigenvalue weighted by Crippen LogP contribution is 2.32. The molecule has 0 bridgehead atoms. The molecule has 5 nitrogen and oxygen atoms in total. The number of hydrogen-bond acceptors (Lipinski definition) is 5. The molecule has 0 aliphatic carbocycles. The Balaban J connectivity index is 1.72. The lowest BCUT2D eigenvalue weighted by molar-refractivity contribution is 0.0348. The first-order valence-electron chi connectivity index (χ1n) is 10.1. The Kier molecular flexibility index (Phi) is 7.06. The first-order valence-corrected chi connectivity index (χ1v) is 10.9. The summed E-state index contributed by atoms with van der Waals surface area (Å²) in [7, 11) is 1.73. The summed E-state index contributed by atoms with van der Waals surface area (Å²) >= 11 is 1.53. The number of aryl methyl sites for hydroxylation is 2. The second-order valence-corrected chi connectivity index (χ2v) is 8.95. The van der Waals surface area contributed by atoms with Gasteiger partial charge >= 0.3 is 0 Å². The van der Waals surface area contributed by atoms with Gasteiger partial charge in [-0.3, -0.25) is 4.79 Å². The summed E-state index contributed by atoms with van der Waals surface area (Å²) in [4.78, 5) is 23.3. The van der Waals surface area contributed by atoms with E-state index in [2.05, 4.69) is 14.8 Å². The summed E-state index contributed by atoms with van der Waals surface area (Å²) in [5.41, 5.74) is 0.872. The molecule has 6 heteroatoms. The van der Waals surface area contributed by atoms with Crippen molar-refractivity contribution >= 4 is 17.2 Å². The number of thiazole rings is 1. The highest BCUT2D eigenvalue weighted by atomic mass is 32.1. The molecule has 3 rings (SSSR count). The minimum Gasteiger partial charge on any atom is -0.385 e. The van der Waals surface area contributed by atoms with Crippen LogP contribution in [0.2, 0.25) is 0 Å². The van der Waals surface area contributed by atoms with E-state index in [0.717, 1.165) is 35.1 Å². The summed E-state index contributed by atoms with van der Waals surface area (Å²) < 4.78 is 5.23. The fraction of sp³-hybridized carbons (Fsp3) is 0.800. The van der Waals surface area contributed by atoms with Gasteiger partial charge in [-0.05, 0) is 65.0 Å². The van der Waals surface area contributed by atoms with E-state index in [4.69, 9.17) is 4.74 Å². The van der Waals surface area contributed by atoms with E-state index in [-0.39, 0.29) is 5.91 Å². The van der Waals surface area contributed by atoms with Crippen LogP contribution in [-0.2, 0) is 4.74 Å². The number of fused-ring (bicyclic) bond motifs is 1. The third-order valence-corrected chi connectivity index (χ3v) is 6.91. The summed E-state index contributed by atoms with van der Waals surface area (Å²) in [5.74, 6) is 0.766. The number of carbonyl (C=O) groups is 1.